The van der Waals surface area contributed by atoms with E-state index in [0.717, 1.165) is 22.2 Å². The molecule has 96 valence electrons. The lowest BCUT2D eigenvalue weighted by atomic mass is 10.1. The molecule has 0 atom stereocenters. The summed E-state index contributed by atoms with van der Waals surface area (Å²) in [5, 5.41) is 2.31. The summed E-state index contributed by atoms with van der Waals surface area (Å²) in [7, 11) is 2.06. The van der Waals surface area contributed by atoms with Crippen LogP contribution in [-0.4, -0.2) is 14.5 Å². The molecule has 0 N–H and O–H groups in total. The molecule has 0 spiro atoms. The maximum absolute atomic E-state index is 4.52. The largest absolute Gasteiger partial charge is 0.350 e. The van der Waals surface area contributed by atoms with E-state index in [4.69, 9.17) is 0 Å². The van der Waals surface area contributed by atoms with Crippen LogP contribution in [0.1, 0.15) is 0 Å². The first-order valence-corrected chi connectivity index (χ1v) is 6.59. The zero-order valence-corrected chi connectivity index (χ0v) is 11.1. The van der Waals surface area contributed by atoms with Crippen molar-refractivity contribution < 1.29 is 0 Å². The van der Waals surface area contributed by atoms with Crippen molar-refractivity contribution in [3.8, 4) is 11.3 Å². The van der Waals surface area contributed by atoms with Gasteiger partial charge in [-0.3, -0.25) is 0 Å². The molecule has 0 saturated heterocycles. The zero-order valence-electron chi connectivity index (χ0n) is 11.1. The van der Waals surface area contributed by atoms with Gasteiger partial charge in [-0.15, -0.1) is 0 Å². The van der Waals surface area contributed by atoms with E-state index in [1.165, 1.54) is 10.9 Å². The number of fused-ring (bicyclic) bond motifs is 2. The summed E-state index contributed by atoms with van der Waals surface area (Å²) in [4.78, 5) is 8.85. The van der Waals surface area contributed by atoms with Crippen LogP contribution >= 0.6 is 0 Å². The highest BCUT2D eigenvalue weighted by atomic mass is 14.9. The molecule has 0 saturated carbocycles. The summed E-state index contributed by atoms with van der Waals surface area (Å²) in [5.74, 6) is 0. The number of nitrogens with zero attached hydrogens (tertiary/aromatic N) is 3. The standard InChI is InChI=1S/C17H13N3/c1-20-10-14(12-6-3-5-9-16(12)20)17-13-7-2-4-8-15(13)18-11-19-17/h2-11H,1H3. The Hall–Kier alpha value is -2.68. The molecule has 0 unspecified atom stereocenters. The molecule has 0 aliphatic heterocycles. The molecule has 0 aliphatic rings. The van der Waals surface area contributed by atoms with Gasteiger partial charge in [0.05, 0.1) is 11.2 Å². The molecule has 0 bridgehead atoms. The van der Waals surface area contributed by atoms with E-state index in [1.54, 1.807) is 6.33 Å². The summed E-state index contributed by atoms with van der Waals surface area (Å²) in [5.41, 5.74) is 4.34. The van der Waals surface area contributed by atoms with Gasteiger partial charge in [-0.2, -0.15) is 0 Å². The van der Waals surface area contributed by atoms with Crippen molar-refractivity contribution in [2.24, 2.45) is 7.05 Å². The summed E-state index contributed by atoms with van der Waals surface area (Å²) in [6.07, 6.45) is 3.78. The molecule has 2 aromatic heterocycles. The Labute approximate surface area is 116 Å². The molecule has 0 aliphatic carbocycles. The van der Waals surface area contributed by atoms with Gasteiger partial charge < -0.3 is 4.57 Å². The number of hydrogen-bond acceptors (Lipinski definition) is 2. The Kier molecular flexibility index (Phi) is 2.33. The van der Waals surface area contributed by atoms with Crippen LogP contribution in [0.25, 0.3) is 33.1 Å². The molecule has 0 radical (unpaired) electrons. The van der Waals surface area contributed by atoms with Crippen LogP contribution in [0, 0.1) is 0 Å². The van der Waals surface area contributed by atoms with E-state index in [0.29, 0.717) is 0 Å². The monoisotopic (exact) mass is 259 g/mol. The van der Waals surface area contributed by atoms with Crippen LogP contribution in [0.4, 0.5) is 0 Å². The molecule has 2 heterocycles. The highest BCUT2D eigenvalue weighted by Crippen LogP contribution is 2.32. The molecule has 2 aromatic carbocycles. The SMILES string of the molecule is Cn1cc(-c2ncnc3ccccc23)c2ccccc21. The third-order valence-electron chi connectivity index (χ3n) is 3.69. The summed E-state index contributed by atoms with van der Waals surface area (Å²) < 4.78 is 2.14. The fourth-order valence-corrected chi connectivity index (χ4v) is 2.75. The number of benzene rings is 2. The number of aryl methyl sites for hydroxylation is 1. The van der Waals surface area contributed by atoms with E-state index in [1.807, 2.05) is 18.2 Å². The molecule has 4 aromatic rings. The second-order valence-corrected chi connectivity index (χ2v) is 4.91. The van der Waals surface area contributed by atoms with Crippen LogP contribution in [-0.2, 0) is 7.05 Å². The quantitative estimate of drug-likeness (QED) is 0.520. The number of rotatable bonds is 1. The van der Waals surface area contributed by atoms with Crippen molar-refractivity contribution in [3.63, 3.8) is 0 Å². The molecular weight excluding hydrogens is 246 g/mol. The third-order valence-corrected chi connectivity index (χ3v) is 3.69. The minimum atomic E-state index is 0.977. The minimum Gasteiger partial charge on any atom is -0.350 e. The van der Waals surface area contributed by atoms with Crippen LogP contribution in [0.15, 0.2) is 61.1 Å². The Morgan fingerprint density at radius 1 is 0.850 bits per heavy atom. The topological polar surface area (TPSA) is 30.7 Å². The van der Waals surface area contributed by atoms with Crippen LogP contribution < -0.4 is 0 Å². The second-order valence-electron chi connectivity index (χ2n) is 4.91. The molecule has 0 amide bonds. The highest BCUT2D eigenvalue weighted by Gasteiger charge is 2.12. The normalized spacial score (nSPS) is 11.2. The number of hydrogen-bond donors (Lipinski definition) is 0. The van der Waals surface area contributed by atoms with E-state index in [-0.39, 0.29) is 0 Å². The molecule has 3 nitrogen and oxygen atoms in total. The predicted molar refractivity (Wildman–Crippen MR) is 81.5 cm³/mol. The Bertz CT molecular complexity index is 916. The number of para-hydroxylation sites is 2. The van der Waals surface area contributed by atoms with E-state index in [2.05, 4.69) is 58.1 Å². The van der Waals surface area contributed by atoms with Gasteiger partial charge in [0.25, 0.3) is 0 Å². The first-order chi connectivity index (χ1) is 9.84. The molecule has 4 rings (SSSR count). The fraction of sp³-hybridized carbons (Fsp3) is 0.0588. The molecule has 0 fully saturated rings. The van der Waals surface area contributed by atoms with E-state index >= 15 is 0 Å². The van der Waals surface area contributed by atoms with Gasteiger partial charge in [0.1, 0.15) is 6.33 Å². The average Bonchev–Trinajstić information content (AvgIpc) is 2.84. The third kappa shape index (κ3) is 1.53. The maximum atomic E-state index is 4.52. The predicted octanol–water partition coefficient (Wildman–Crippen LogP) is 3.79. The van der Waals surface area contributed by atoms with Crippen molar-refractivity contribution in [1.82, 2.24) is 14.5 Å². The van der Waals surface area contributed by atoms with Crippen LogP contribution in [0.5, 0.6) is 0 Å². The second kappa shape index (κ2) is 4.17. The number of aromatic nitrogens is 3. The van der Waals surface area contributed by atoms with E-state index in [9.17, 15) is 0 Å². The van der Waals surface area contributed by atoms with E-state index < -0.39 is 0 Å². The van der Waals surface area contributed by atoms with Crippen molar-refractivity contribution >= 4 is 21.8 Å². The van der Waals surface area contributed by atoms with Gasteiger partial charge in [-0.25, -0.2) is 9.97 Å². The lowest BCUT2D eigenvalue weighted by molar-refractivity contribution is 0.969. The smallest absolute Gasteiger partial charge is 0.116 e. The Morgan fingerprint density at radius 3 is 2.50 bits per heavy atom. The van der Waals surface area contributed by atoms with Gasteiger partial charge in [0.2, 0.25) is 0 Å². The first-order valence-electron chi connectivity index (χ1n) is 6.59. The first kappa shape index (κ1) is 11.2. The van der Waals surface area contributed by atoms with Crippen molar-refractivity contribution in [3.05, 3.63) is 61.1 Å². The van der Waals surface area contributed by atoms with Crippen molar-refractivity contribution in [2.75, 3.05) is 0 Å². The fourth-order valence-electron chi connectivity index (χ4n) is 2.75. The van der Waals surface area contributed by atoms with Crippen molar-refractivity contribution in [2.45, 2.75) is 0 Å². The summed E-state index contributed by atoms with van der Waals surface area (Å²) in [6, 6.07) is 16.5. The summed E-state index contributed by atoms with van der Waals surface area (Å²) in [6.45, 7) is 0. The van der Waals surface area contributed by atoms with Gasteiger partial charge >= 0.3 is 0 Å². The van der Waals surface area contributed by atoms with Crippen LogP contribution in [0.2, 0.25) is 0 Å². The lowest BCUT2D eigenvalue weighted by Gasteiger charge is -2.03. The highest BCUT2D eigenvalue weighted by molar-refractivity contribution is 6.02. The molecule has 20 heavy (non-hydrogen) atoms. The Morgan fingerprint density at radius 2 is 1.60 bits per heavy atom. The van der Waals surface area contributed by atoms with Gasteiger partial charge in [0, 0.05) is 35.1 Å². The zero-order chi connectivity index (χ0) is 13.5. The molecular formula is C17H13N3. The summed E-state index contributed by atoms with van der Waals surface area (Å²) >= 11 is 0. The average molecular weight is 259 g/mol. The van der Waals surface area contributed by atoms with Gasteiger partial charge in [-0.05, 0) is 12.1 Å². The van der Waals surface area contributed by atoms with Crippen LogP contribution in [0.3, 0.4) is 0 Å². The Balaban J connectivity index is 2.12. The minimum absolute atomic E-state index is 0.977. The maximum Gasteiger partial charge on any atom is 0.116 e. The lowest BCUT2D eigenvalue weighted by Crippen LogP contribution is -1.88. The van der Waals surface area contributed by atoms with Crippen molar-refractivity contribution in [1.29, 1.82) is 0 Å². The van der Waals surface area contributed by atoms with Gasteiger partial charge in [0.15, 0.2) is 0 Å². The molecule has 3 heteroatoms. The van der Waals surface area contributed by atoms with Gasteiger partial charge in [-0.1, -0.05) is 36.4 Å².